The van der Waals surface area contributed by atoms with Crippen molar-refractivity contribution in [1.82, 2.24) is 0 Å². The van der Waals surface area contributed by atoms with Gasteiger partial charge in [0.1, 0.15) is 6.10 Å². The third-order valence-electron chi connectivity index (χ3n) is 2.97. The standard InChI is InChI=1S/C17H42O5Si4/c1-23(2,3)19-13-15(18)17(22-26(10,11)12)16(21-25(7,8)9)14-20-24(4,5)6/h16-17H,13-14H2,1-12H3/t16-,17-/m0/s1. The normalized spacial score (nSPS) is 16.5. The minimum atomic E-state index is -1.94. The molecule has 2 atom stereocenters. The molecule has 0 N–H and O–H groups in total. The summed E-state index contributed by atoms with van der Waals surface area (Å²) in [6.45, 7) is 25.8. The summed E-state index contributed by atoms with van der Waals surface area (Å²) in [7, 11) is -7.32. The van der Waals surface area contributed by atoms with Crippen molar-refractivity contribution in [3.05, 3.63) is 0 Å². The van der Waals surface area contributed by atoms with Gasteiger partial charge < -0.3 is 17.7 Å². The first-order valence-electron chi connectivity index (χ1n) is 9.45. The Morgan fingerprint density at radius 2 is 1.08 bits per heavy atom. The molecule has 0 saturated heterocycles. The summed E-state index contributed by atoms with van der Waals surface area (Å²) in [6, 6.07) is 0. The van der Waals surface area contributed by atoms with Gasteiger partial charge >= 0.3 is 0 Å². The molecule has 0 aliphatic carbocycles. The quantitative estimate of drug-likeness (QED) is 0.413. The Morgan fingerprint density at radius 3 is 1.42 bits per heavy atom. The van der Waals surface area contributed by atoms with Crippen molar-refractivity contribution in [2.75, 3.05) is 13.2 Å². The first kappa shape index (κ1) is 26.4. The van der Waals surface area contributed by atoms with Crippen LogP contribution in [0.15, 0.2) is 0 Å². The van der Waals surface area contributed by atoms with Crippen LogP contribution in [0.2, 0.25) is 78.6 Å². The molecule has 0 unspecified atom stereocenters. The van der Waals surface area contributed by atoms with E-state index in [4.69, 9.17) is 17.7 Å². The van der Waals surface area contributed by atoms with Gasteiger partial charge in [-0.3, -0.25) is 4.79 Å². The van der Waals surface area contributed by atoms with Crippen LogP contribution in [-0.4, -0.2) is 64.5 Å². The van der Waals surface area contributed by atoms with Crippen molar-refractivity contribution in [2.45, 2.75) is 90.8 Å². The topological polar surface area (TPSA) is 54.0 Å². The molecule has 0 aliphatic rings. The van der Waals surface area contributed by atoms with Gasteiger partial charge in [0.2, 0.25) is 0 Å². The Hall–Kier alpha value is 0.378. The summed E-state index contributed by atoms with van der Waals surface area (Å²) in [5, 5.41) is 0. The highest BCUT2D eigenvalue weighted by atomic mass is 28.4. The maximum Gasteiger partial charge on any atom is 0.187 e. The highest BCUT2D eigenvalue weighted by Gasteiger charge is 2.38. The summed E-state index contributed by atoms with van der Waals surface area (Å²) in [5.41, 5.74) is 0. The Morgan fingerprint density at radius 1 is 0.654 bits per heavy atom. The number of Topliss-reactive ketones (excluding diaryl/α,β-unsaturated/α-hetero) is 1. The van der Waals surface area contributed by atoms with Crippen LogP contribution in [0, 0.1) is 0 Å². The molecule has 0 saturated carbocycles. The first-order chi connectivity index (χ1) is 11.3. The van der Waals surface area contributed by atoms with E-state index in [1.807, 2.05) is 0 Å². The molecule has 0 fully saturated rings. The molecular formula is C17H42O5Si4. The van der Waals surface area contributed by atoms with E-state index in [2.05, 4.69) is 78.6 Å². The number of ketones is 1. The third kappa shape index (κ3) is 14.4. The van der Waals surface area contributed by atoms with Crippen molar-refractivity contribution in [3.8, 4) is 0 Å². The van der Waals surface area contributed by atoms with Crippen molar-refractivity contribution in [2.24, 2.45) is 0 Å². The highest BCUT2D eigenvalue weighted by Crippen LogP contribution is 2.20. The van der Waals surface area contributed by atoms with Gasteiger partial charge in [-0.05, 0) is 78.6 Å². The van der Waals surface area contributed by atoms with Crippen molar-refractivity contribution < 1.29 is 22.5 Å². The van der Waals surface area contributed by atoms with Crippen LogP contribution in [0.1, 0.15) is 0 Å². The molecule has 9 heteroatoms. The van der Waals surface area contributed by atoms with E-state index in [0.717, 1.165) is 0 Å². The number of carbonyl (C=O) groups is 1. The average molecular weight is 439 g/mol. The fraction of sp³-hybridized carbons (Fsp3) is 0.941. The van der Waals surface area contributed by atoms with Gasteiger partial charge in [0.05, 0.1) is 19.3 Å². The molecular weight excluding hydrogens is 397 g/mol. The molecule has 0 aromatic carbocycles. The molecule has 0 aromatic heterocycles. The minimum Gasteiger partial charge on any atom is -0.415 e. The highest BCUT2D eigenvalue weighted by molar-refractivity contribution is 6.71. The number of carbonyl (C=O) groups excluding carboxylic acids is 1. The second kappa shape index (κ2) is 9.73. The largest absolute Gasteiger partial charge is 0.415 e. The van der Waals surface area contributed by atoms with Crippen LogP contribution in [-0.2, 0) is 22.5 Å². The summed E-state index contributed by atoms with van der Waals surface area (Å²) in [6.07, 6.45) is -1.00. The summed E-state index contributed by atoms with van der Waals surface area (Å²) in [4.78, 5) is 13.0. The monoisotopic (exact) mass is 438 g/mol. The summed E-state index contributed by atoms with van der Waals surface area (Å²) < 4.78 is 24.6. The maximum absolute atomic E-state index is 13.0. The number of hydrogen-bond acceptors (Lipinski definition) is 5. The molecule has 156 valence electrons. The zero-order chi connectivity index (χ0) is 21.0. The molecule has 0 rings (SSSR count). The van der Waals surface area contributed by atoms with E-state index in [1.54, 1.807) is 0 Å². The third-order valence-corrected chi connectivity index (χ3v) is 6.98. The van der Waals surface area contributed by atoms with E-state index in [-0.39, 0.29) is 18.5 Å². The van der Waals surface area contributed by atoms with Crippen LogP contribution >= 0.6 is 0 Å². The smallest absolute Gasteiger partial charge is 0.187 e. The van der Waals surface area contributed by atoms with E-state index in [0.29, 0.717) is 6.61 Å². The van der Waals surface area contributed by atoms with Crippen LogP contribution in [0.25, 0.3) is 0 Å². The molecule has 0 amide bonds. The van der Waals surface area contributed by atoms with Gasteiger partial charge in [0.25, 0.3) is 0 Å². The lowest BCUT2D eigenvalue weighted by Gasteiger charge is -2.36. The zero-order valence-electron chi connectivity index (χ0n) is 19.1. The van der Waals surface area contributed by atoms with Crippen LogP contribution in [0.4, 0.5) is 0 Å². The van der Waals surface area contributed by atoms with Gasteiger partial charge in [-0.25, -0.2) is 0 Å². The zero-order valence-corrected chi connectivity index (χ0v) is 23.1. The van der Waals surface area contributed by atoms with Gasteiger partial charge in [-0.15, -0.1) is 0 Å². The van der Waals surface area contributed by atoms with Gasteiger partial charge in [-0.2, -0.15) is 0 Å². The van der Waals surface area contributed by atoms with Crippen LogP contribution < -0.4 is 0 Å². The van der Waals surface area contributed by atoms with E-state index >= 15 is 0 Å². The molecule has 0 heterocycles. The second-order valence-corrected chi connectivity index (χ2v) is 28.7. The molecule has 5 nitrogen and oxygen atoms in total. The van der Waals surface area contributed by atoms with Crippen LogP contribution in [0.3, 0.4) is 0 Å². The number of rotatable bonds is 12. The van der Waals surface area contributed by atoms with Crippen molar-refractivity contribution in [1.29, 1.82) is 0 Å². The molecule has 0 aromatic rings. The lowest BCUT2D eigenvalue weighted by atomic mass is 10.1. The fourth-order valence-corrected chi connectivity index (χ4v) is 5.45. The van der Waals surface area contributed by atoms with Crippen molar-refractivity contribution >= 4 is 39.1 Å². The Balaban J connectivity index is 5.50. The minimum absolute atomic E-state index is 0.0303. The molecule has 0 aliphatic heterocycles. The predicted octanol–water partition coefficient (Wildman–Crippen LogP) is 4.70. The lowest BCUT2D eigenvalue weighted by molar-refractivity contribution is -0.134. The van der Waals surface area contributed by atoms with Gasteiger partial charge in [-0.1, -0.05) is 0 Å². The SMILES string of the molecule is C[Si](C)(C)OCC(=O)[C@H](O[Si](C)(C)C)[C@H](CO[Si](C)(C)C)O[Si](C)(C)C. The van der Waals surface area contributed by atoms with E-state index < -0.39 is 39.4 Å². The van der Waals surface area contributed by atoms with E-state index in [9.17, 15) is 4.79 Å². The Labute approximate surface area is 165 Å². The first-order valence-corrected chi connectivity index (χ1v) is 23.1. The summed E-state index contributed by atoms with van der Waals surface area (Å²) in [5.74, 6) is -0.0303. The lowest BCUT2D eigenvalue weighted by Crippen LogP contribution is -2.52. The van der Waals surface area contributed by atoms with Gasteiger partial charge in [0, 0.05) is 0 Å². The predicted molar refractivity (Wildman–Crippen MR) is 120 cm³/mol. The molecule has 0 spiro atoms. The second-order valence-electron chi connectivity index (χ2n) is 10.7. The van der Waals surface area contributed by atoms with E-state index in [1.165, 1.54) is 0 Å². The Kier molecular flexibility index (Phi) is 9.87. The number of hydrogen-bond donors (Lipinski definition) is 0. The molecule has 26 heavy (non-hydrogen) atoms. The maximum atomic E-state index is 13.0. The average Bonchev–Trinajstić information content (AvgIpc) is 2.34. The molecule has 0 radical (unpaired) electrons. The summed E-state index contributed by atoms with van der Waals surface area (Å²) >= 11 is 0. The molecule has 0 bridgehead atoms. The van der Waals surface area contributed by atoms with Crippen LogP contribution in [0.5, 0.6) is 0 Å². The van der Waals surface area contributed by atoms with Crippen molar-refractivity contribution in [3.63, 3.8) is 0 Å². The Bertz CT molecular complexity index is 444. The fourth-order valence-electron chi connectivity index (χ4n) is 2.07. The van der Waals surface area contributed by atoms with Gasteiger partial charge in [0.15, 0.2) is 39.1 Å².